The second-order valence-electron chi connectivity index (χ2n) is 5.62. The lowest BCUT2D eigenvalue weighted by atomic mass is 9.84. The van der Waals surface area contributed by atoms with E-state index in [1.165, 1.54) is 37.7 Å². The number of rotatable bonds is 2. The molecule has 3 rings (SSSR count). The van der Waals surface area contributed by atoms with Crippen LogP contribution in [0, 0.1) is 6.92 Å². The molecule has 0 aliphatic heterocycles. The minimum atomic E-state index is 0.656. The maximum absolute atomic E-state index is 4.45. The maximum Gasteiger partial charge on any atom is 0.197 e. The Morgan fingerprint density at radius 3 is 2.35 bits per heavy atom. The van der Waals surface area contributed by atoms with E-state index in [-0.39, 0.29) is 0 Å². The lowest BCUT2D eigenvalue weighted by molar-refractivity contribution is 0.443. The Bertz CT molecular complexity index is 566. The molecule has 1 aliphatic carbocycles. The minimum Gasteiger partial charge on any atom is -0.227 e. The second kappa shape index (κ2) is 6.04. The maximum atomic E-state index is 4.45. The predicted octanol–water partition coefficient (Wildman–Crippen LogP) is 5.26. The summed E-state index contributed by atoms with van der Waals surface area (Å²) in [6.45, 7) is 1.99. The molecule has 0 spiro atoms. The number of hydrogen-bond donors (Lipinski definition) is 0. The van der Waals surface area contributed by atoms with E-state index in [4.69, 9.17) is 0 Å². The Morgan fingerprint density at radius 2 is 1.70 bits per heavy atom. The van der Waals surface area contributed by atoms with Gasteiger partial charge in [-0.15, -0.1) is 0 Å². The molecule has 1 aromatic carbocycles. The summed E-state index contributed by atoms with van der Waals surface area (Å²) >= 11 is 3.37. The van der Waals surface area contributed by atoms with E-state index < -0.39 is 0 Å². The third-order valence-electron chi connectivity index (χ3n) is 4.11. The van der Waals surface area contributed by atoms with Gasteiger partial charge >= 0.3 is 0 Å². The first-order chi connectivity index (χ1) is 9.72. The number of nitrogens with zero attached hydrogens (tertiary/aromatic N) is 2. The van der Waals surface area contributed by atoms with Crippen LogP contribution in [-0.4, -0.2) is 9.97 Å². The van der Waals surface area contributed by atoms with Crippen molar-refractivity contribution in [2.45, 2.75) is 44.9 Å². The molecule has 2 nitrogen and oxygen atoms in total. The van der Waals surface area contributed by atoms with Gasteiger partial charge in [0.05, 0.1) is 5.69 Å². The van der Waals surface area contributed by atoms with Gasteiger partial charge < -0.3 is 0 Å². The number of hydrogen-bond acceptors (Lipinski definition) is 2. The Balaban J connectivity index is 1.85. The standard InChI is InChI=1S/C17H19BrN2/c1-12-11-16(20-17(18)19-12)15-9-7-14(8-10-15)13-5-3-2-4-6-13/h7-11,13H,2-6H2,1H3. The van der Waals surface area contributed by atoms with Gasteiger partial charge in [0.2, 0.25) is 0 Å². The lowest BCUT2D eigenvalue weighted by Gasteiger charge is -2.22. The van der Waals surface area contributed by atoms with Crippen LogP contribution < -0.4 is 0 Å². The summed E-state index contributed by atoms with van der Waals surface area (Å²) in [5.74, 6) is 0.761. The minimum absolute atomic E-state index is 0.656. The van der Waals surface area contributed by atoms with Crippen molar-refractivity contribution < 1.29 is 0 Å². The Kier molecular flexibility index (Phi) is 4.16. The zero-order chi connectivity index (χ0) is 13.9. The van der Waals surface area contributed by atoms with Crippen LogP contribution in [0.25, 0.3) is 11.3 Å². The highest BCUT2D eigenvalue weighted by molar-refractivity contribution is 9.10. The molecule has 0 N–H and O–H groups in total. The van der Waals surface area contributed by atoms with Gasteiger partial charge in [0.15, 0.2) is 4.73 Å². The van der Waals surface area contributed by atoms with Gasteiger partial charge in [-0.1, -0.05) is 43.5 Å². The number of halogens is 1. The van der Waals surface area contributed by atoms with E-state index in [1.54, 1.807) is 0 Å². The average molecular weight is 331 g/mol. The van der Waals surface area contributed by atoms with E-state index in [2.05, 4.69) is 50.2 Å². The quantitative estimate of drug-likeness (QED) is 0.701. The first-order valence-electron chi connectivity index (χ1n) is 7.34. The fourth-order valence-corrected chi connectivity index (χ4v) is 3.51. The molecule has 1 saturated carbocycles. The molecular weight excluding hydrogens is 312 g/mol. The van der Waals surface area contributed by atoms with Crippen molar-refractivity contribution in [2.24, 2.45) is 0 Å². The molecular formula is C17H19BrN2. The zero-order valence-corrected chi connectivity index (χ0v) is 13.4. The van der Waals surface area contributed by atoms with E-state index in [0.717, 1.165) is 22.9 Å². The van der Waals surface area contributed by atoms with Crippen molar-refractivity contribution >= 4 is 15.9 Å². The molecule has 20 heavy (non-hydrogen) atoms. The summed E-state index contributed by atoms with van der Waals surface area (Å²) in [5, 5.41) is 0. The Hall–Kier alpha value is -1.22. The molecule has 1 aromatic heterocycles. The fraction of sp³-hybridized carbons (Fsp3) is 0.412. The average Bonchev–Trinajstić information content (AvgIpc) is 2.47. The van der Waals surface area contributed by atoms with Crippen LogP contribution >= 0.6 is 15.9 Å². The van der Waals surface area contributed by atoms with Gasteiger partial charge in [0.25, 0.3) is 0 Å². The molecule has 104 valence electrons. The highest BCUT2D eigenvalue weighted by Crippen LogP contribution is 2.33. The van der Waals surface area contributed by atoms with Gasteiger partial charge in [-0.2, -0.15) is 0 Å². The molecule has 0 amide bonds. The van der Waals surface area contributed by atoms with Crippen LogP contribution in [0.2, 0.25) is 0 Å². The predicted molar refractivity (Wildman–Crippen MR) is 85.7 cm³/mol. The molecule has 0 saturated heterocycles. The molecule has 2 aromatic rings. The summed E-state index contributed by atoms with van der Waals surface area (Å²) < 4.78 is 0.656. The largest absolute Gasteiger partial charge is 0.227 e. The van der Waals surface area contributed by atoms with Crippen molar-refractivity contribution in [3.05, 3.63) is 46.3 Å². The fourth-order valence-electron chi connectivity index (χ4n) is 3.04. The topological polar surface area (TPSA) is 25.8 Å². The smallest absolute Gasteiger partial charge is 0.197 e. The van der Waals surface area contributed by atoms with E-state index in [1.807, 2.05) is 13.0 Å². The summed E-state index contributed by atoms with van der Waals surface area (Å²) in [5.41, 5.74) is 4.62. The van der Waals surface area contributed by atoms with Gasteiger partial charge in [0, 0.05) is 11.3 Å². The van der Waals surface area contributed by atoms with Crippen LogP contribution in [0.4, 0.5) is 0 Å². The monoisotopic (exact) mass is 330 g/mol. The van der Waals surface area contributed by atoms with Crippen LogP contribution in [0.3, 0.4) is 0 Å². The highest BCUT2D eigenvalue weighted by Gasteiger charge is 2.15. The van der Waals surface area contributed by atoms with E-state index in [9.17, 15) is 0 Å². The van der Waals surface area contributed by atoms with E-state index in [0.29, 0.717) is 4.73 Å². The number of aromatic nitrogens is 2. The first-order valence-corrected chi connectivity index (χ1v) is 8.13. The molecule has 3 heteroatoms. The lowest BCUT2D eigenvalue weighted by Crippen LogP contribution is -2.04. The third kappa shape index (κ3) is 3.09. The molecule has 0 radical (unpaired) electrons. The number of benzene rings is 1. The van der Waals surface area contributed by atoms with Gasteiger partial charge in [0.1, 0.15) is 0 Å². The molecule has 0 bridgehead atoms. The third-order valence-corrected chi connectivity index (χ3v) is 4.46. The zero-order valence-electron chi connectivity index (χ0n) is 11.8. The highest BCUT2D eigenvalue weighted by atomic mass is 79.9. The molecule has 1 fully saturated rings. The van der Waals surface area contributed by atoms with Gasteiger partial charge in [-0.25, -0.2) is 9.97 Å². The van der Waals surface area contributed by atoms with Crippen molar-refractivity contribution in [1.29, 1.82) is 0 Å². The van der Waals surface area contributed by atoms with Crippen molar-refractivity contribution in [3.8, 4) is 11.3 Å². The summed E-state index contributed by atoms with van der Waals surface area (Å²) in [6.07, 6.45) is 6.85. The Labute approximate surface area is 128 Å². The summed E-state index contributed by atoms with van der Waals surface area (Å²) in [6, 6.07) is 11.0. The van der Waals surface area contributed by atoms with Crippen molar-refractivity contribution in [1.82, 2.24) is 9.97 Å². The van der Waals surface area contributed by atoms with Crippen LogP contribution in [0.1, 0.15) is 49.3 Å². The van der Waals surface area contributed by atoms with Crippen LogP contribution in [-0.2, 0) is 0 Å². The van der Waals surface area contributed by atoms with Crippen LogP contribution in [0.15, 0.2) is 35.1 Å². The molecule has 1 aliphatic rings. The number of aryl methyl sites for hydroxylation is 1. The molecule has 0 atom stereocenters. The normalized spacial score (nSPS) is 16.3. The summed E-state index contributed by atoms with van der Waals surface area (Å²) in [7, 11) is 0. The second-order valence-corrected chi connectivity index (χ2v) is 6.33. The van der Waals surface area contributed by atoms with Gasteiger partial charge in [-0.3, -0.25) is 0 Å². The van der Waals surface area contributed by atoms with E-state index >= 15 is 0 Å². The van der Waals surface area contributed by atoms with Gasteiger partial charge in [-0.05, 0) is 53.2 Å². The van der Waals surface area contributed by atoms with Crippen molar-refractivity contribution in [2.75, 3.05) is 0 Å². The van der Waals surface area contributed by atoms with Crippen molar-refractivity contribution in [3.63, 3.8) is 0 Å². The molecule has 0 unspecified atom stereocenters. The summed E-state index contributed by atoms with van der Waals surface area (Å²) in [4.78, 5) is 8.71. The van der Waals surface area contributed by atoms with Crippen LogP contribution in [0.5, 0.6) is 0 Å². The Morgan fingerprint density at radius 1 is 1.00 bits per heavy atom. The SMILES string of the molecule is Cc1cc(-c2ccc(C3CCCCC3)cc2)nc(Br)n1. The molecule has 1 heterocycles. The first kappa shape index (κ1) is 13.7.